The molecule has 118 valence electrons. The van der Waals surface area contributed by atoms with Crippen LogP contribution < -0.4 is 5.73 Å². The summed E-state index contributed by atoms with van der Waals surface area (Å²) in [7, 11) is 0. The monoisotopic (exact) mass is 279 g/mol. The van der Waals surface area contributed by atoms with Crippen LogP contribution in [0.3, 0.4) is 0 Å². The molecular formula is C19H37N. The van der Waals surface area contributed by atoms with Gasteiger partial charge in [-0.15, -0.1) is 6.58 Å². The SMILES string of the molecule is C=CC(C)(C)CCC1CCCC(C)(C)CC(C)(C)C1N. The van der Waals surface area contributed by atoms with Crippen molar-refractivity contribution >= 4 is 0 Å². The summed E-state index contributed by atoms with van der Waals surface area (Å²) in [5.41, 5.74) is 7.61. The minimum absolute atomic E-state index is 0.242. The predicted molar refractivity (Wildman–Crippen MR) is 90.7 cm³/mol. The lowest BCUT2D eigenvalue weighted by molar-refractivity contribution is 0.0864. The minimum atomic E-state index is 0.242. The molecule has 0 saturated heterocycles. The molecule has 0 aromatic carbocycles. The molecule has 0 aromatic heterocycles. The summed E-state index contributed by atoms with van der Waals surface area (Å²) < 4.78 is 0. The molecule has 2 atom stereocenters. The predicted octanol–water partition coefficient (Wildman–Crippen LogP) is 5.55. The molecule has 0 amide bonds. The Balaban J connectivity index is 2.75. The maximum atomic E-state index is 6.69. The van der Waals surface area contributed by atoms with Crippen LogP contribution in [0.2, 0.25) is 0 Å². The molecular weight excluding hydrogens is 242 g/mol. The molecule has 0 radical (unpaired) electrons. The second-order valence-electron chi connectivity index (χ2n) is 9.24. The second-order valence-corrected chi connectivity index (χ2v) is 9.24. The molecule has 2 unspecified atom stereocenters. The van der Waals surface area contributed by atoms with Gasteiger partial charge in [-0.25, -0.2) is 0 Å². The van der Waals surface area contributed by atoms with E-state index in [1.165, 1.54) is 38.5 Å². The Morgan fingerprint density at radius 2 is 1.85 bits per heavy atom. The summed E-state index contributed by atoms with van der Waals surface area (Å²) in [5, 5.41) is 0. The molecule has 1 saturated carbocycles. The topological polar surface area (TPSA) is 26.0 Å². The fourth-order valence-corrected chi connectivity index (χ4v) is 4.08. The van der Waals surface area contributed by atoms with Gasteiger partial charge in [0.25, 0.3) is 0 Å². The highest BCUT2D eigenvalue weighted by atomic mass is 14.7. The molecule has 0 aromatic rings. The Kier molecular flexibility index (Phi) is 5.52. The highest BCUT2D eigenvalue weighted by Crippen LogP contribution is 2.45. The van der Waals surface area contributed by atoms with Crippen LogP contribution in [0.1, 0.15) is 80.1 Å². The molecule has 1 aliphatic rings. The summed E-state index contributed by atoms with van der Waals surface area (Å²) in [6.07, 6.45) is 9.73. The zero-order valence-electron chi connectivity index (χ0n) is 14.8. The highest BCUT2D eigenvalue weighted by Gasteiger charge is 2.39. The van der Waals surface area contributed by atoms with E-state index in [1.54, 1.807) is 0 Å². The molecule has 1 heteroatoms. The van der Waals surface area contributed by atoms with Crippen LogP contribution in [0.5, 0.6) is 0 Å². The lowest BCUT2D eigenvalue weighted by Crippen LogP contribution is -2.47. The summed E-state index contributed by atoms with van der Waals surface area (Å²) in [5.74, 6) is 0.667. The summed E-state index contributed by atoms with van der Waals surface area (Å²) in [6.45, 7) is 18.1. The molecule has 1 nitrogen and oxygen atoms in total. The fraction of sp³-hybridized carbons (Fsp3) is 0.895. The number of nitrogens with two attached hydrogens (primary N) is 1. The van der Waals surface area contributed by atoms with Gasteiger partial charge in [-0.2, -0.15) is 0 Å². The number of rotatable bonds is 4. The first kappa shape index (κ1) is 17.8. The fourth-order valence-electron chi connectivity index (χ4n) is 4.08. The number of hydrogen-bond donors (Lipinski definition) is 1. The number of allylic oxidation sites excluding steroid dienone is 1. The molecule has 1 rings (SSSR count). The van der Waals surface area contributed by atoms with E-state index in [4.69, 9.17) is 5.73 Å². The summed E-state index contributed by atoms with van der Waals surface area (Å²) in [6, 6.07) is 0.322. The molecule has 1 fully saturated rings. The van der Waals surface area contributed by atoms with Gasteiger partial charge in [0.1, 0.15) is 0 Å². The van der Waals surface area contributed by atoms with Gasteiger partial charge in [0.2, 0.25) is 0 Å². The van der Waals surface area contributed by atoms with Crippen LogP contribution in [0, 0.1) is 22.2 Å². The third-order valence-electron chi connectivity index (χ3n) is 5.48. The van der Waals surface area contributed by atoms with Crippen molar-refractivity contribution in [3.8, 4) is 0 Å². The largest absolute Gasteiger partial charge is 0.327 e. The summed E-state index contributed by atoms with van der Waals surface area (Å²) in [4.78, 5) is 0. The molecule has 0 aliphatic heterocycles. The van der Waals surface area contributed by atoms with Crippen molar-refractivity contribution in [2.75, 3.05) is 0 Å². The Hall–Kier alpha value is -0.300. The van der Waals surface area contributed by atoms with Gasteiger partial charge in [0.15, 0.2) is 0 Å². The van der Waals surface area contributed by atoms with E-state index in [-0.39, 0.29) is 10.8 Å². The van der Waals surface area contributed by atoms with E-state index in [2.05, 4.69) is 54.2 Å². The molecule has 0 bridgehead atoms. The average molecular weight is 280 g/mol. The van der Waals surface area contributed by atoms with Crippen LogP contribution in [-0.2, 0) is 0 Å². The van der Waals surface area contributed by atoms with Crippen molar-refractivity contribution < 1.29 is 0 Å². The lowest BCUT2D eigenvalue weighted by Gasteiger charge is -2.45. The molecule has 0 heterocycles. The first-order valence-electron chi connectivity index (χ1n) is 8.38. The van der Waals surface area contributed by atoms with E-state index in [0.29, 0.717) is 17.4 Å². The Morgan fingerprint density at radius 3 is 2.40 bits per heavy atom. The third-order valence-corrected chi connectivity index (χ3v) is 5.48. The number of hydrogen-bond acceptors (Lipinski definition) is 1. The van der Waals surface area contributed by atoms with Crippen LogP contribution >= 0.6 is 0 Å². The minimum Gasteiger partial charge on any atom is -0.327 e. The third kappa shape index (κ3) is 4.91. The van der Waals surface area contributed by atoms with Gasteiger partial charge in [-0.1, -0.05) is 54.0 Å². The normalized spacial score (nSPS) is 30.4. The standard InChI is InChI=1S/C19H37N/c1-8-17(2,3)13-11-15-10-9-12-18(4,5)14-19(6,7)16(15)20/h8,15-16H,1,9-14,20H2,2-7H3. The molecule has 20 heavy (non-hydrogen) atoms. The van der Waals surface area contributed by atoms with Crippen molar-refractivity contribution in [1.82, 2.24) is 0 Å². The Bertz CT molecular complexity index is 325. The van der Waals surface area contributed by atoms with Gasteiger partial charge < -0.3 is 5.73 Å². The summed E-state index contributed by atoms with van der Waals surface area (Å²) >= 11 is 0. The van der Waals surface area contributed by atoms with Crippen molar-refractivity contribution in [3.05, 3.63) is 12.7 Å². The van der Waals surface area contributed by atoms with E-state index in [0.717, 1.165) is 0 Å². The molecule has 1 aliphatic carbocycles. The smallest absolute Gasteiger partial charge is 0.0119 e. The molecule has 0 spiro atoms. The van der Waals surface area contributed by atoms with E-state index < -0.39 is 0 Å². The maximum absolute atomic E-state index is 6.69. The van der Waals surface area contributed by atoms with Gasteiger partial charge in [0, 0.05) is 6.04 Å². The van der Waals surface area contributed by atoms with Crippen LogP contribution in [0.25, 0.3) is 0 Å². The zero-order chi connectivity index (χ0) is 15.6. The van der Waals surface area contributed by atoms with E-state index in [1.807, 2.05) is 0 Å². The quantitative estimate of drug-likeness (QED) is 0.671. The lowest BCUT2D eigenvalue weighted by atomic mass is 9.63. The van der Waals surface area contributed by atoms with E-state index >= 15 is 0 Å². The Labute approximate surface area is 127 Å². The van der Waals surface area contributed by atoms with Crippen molar-refractivity contribution in [2.45, 2.75) is 86.1 Å². The van der Waals surface area contributed by atoms with E-state index in [9.17, 15) is 0 Å². The first-order chi connectivity index (χ1) is 8.99. The zero-order valence-corrected chi connectivity index (χ0v) is 14.8. The van der Waals surface area contributed by atoms with Crippen LogP contribution in [-0.4, -0.2) is 6.04 Å². The van der Waals surface area contributed by atoms with Crippen molar-refractivity contribution in [3.63, 3.8) is 0 Å². The maximum Gasteiger partial charge on any atom is 0.0119 e. The van der Waals surface area contributed by atoms with Crippen LogP contribution in [0.4, 0.5) is 0 Å². The van der Waals surface area contributed by atoms with Gasteiger partial charge in [0.05, 0.1) is 0 Å². The second kappa shape index (κ2) is 6.22. The average Bonchev–Trinajstić information content (AvgIpc) is 2.30. The van der Waals surface area contributed by atoms with Crippen molar-refractivity contribution in [1.29, 1.82) is 0 Å². The van der Waals surface area contributed by atoms with Crippen LogP contribution in [0.15, 0.2) is 12.7 Å². The van der Waals surface area contributed by atoms with Gasteiger partial charge in [-0.3, -0.25) is 0 Å². The van der Waals surface area contributed by atoms with Crippen molar-refractivity contribution in [2.24, 2.45) is 27.9 Å². The first-order valence-corrected chi connectivity index (χ1v) is 8.38. The van der Waals surface area contributed by atoms with Gasteiger partial charge >= 0.3 is 0 Å². The molecule has 2 N–H and O–H groups in total. The Morgan fingerprint density at radius 1 is 1.25 bits per heavy atom. The highest BCUT2D eigenvalue weighted by molar-refractivity contribution is 4.95. The van der Waals surface area contributed by atoms with Gasteiger partial charge in [-0.05, 0) is 54.3 Å².